The van der Waals surface area contributed by atoms with Crippen molar-refractivity contribution in [1.29, 1.82) is 0 Å². The van der Waals surface area contributed by atoms with Gasteiger partial charge in [0.15, 0.2) is 0 Å². The number of carbonyl (C=O) groups excluding carboxylic acids is 2. The molecule has 0 atom stereocenters. The fourth-order valence-corrected chi connectivity index (χ4v) is 2.95. The molecular formula is C20H17ClN2O2. The fourth-order valence-electron chi connectivity index (χ4n) is 2.83. The number of anilines is 1. The summed E-state index contributed by atoms with van der Waals surface area (Å²) in [7, 11) is 1.78. The van der Waals surface area contributed by atoms with Gasteiger partial charge in [-0.2, -0.15) is 0 Å². The highest BCUT2D eigenvalue weighted by Gasteiger charge is 2.40. The van der Waals surface area contributed by atoms with Crippen molar-refractivity contribution in [1.82, 2.24) is 4.90 Å². The minimum Gasteiger partial charge on any atom is -0.339 e. The van der Waals surface area contributed by atoms with Gasteiger partial charge in [-0.25, -0.2) is 0 Å². The number of imide groups is 1. The van der Waals surface area contributed by atoms with Gasteiger partial charge >= 0.3 is 0 Å². The van der Waals surface area contributed by atoms with Crippen molar-refractivity contribution in [2.75, 3.05) is 18.5 Å². The van der Waals surface area contributed by atoms with Crippen LogP contribution < -0.4 is 4.90 Å². The maximum absolute atomic E-state index is 12.9. The summed E-state index contributed by atoms with van der Waals surface area (Å²) in [5.74, 6) is -0.661. The van der Waals surface area contributed by atoms with Gasteiger partial charge in [0, 0.05) is 24.3 Å². The van der Waals surface area contributed by atoms with Crippen LogP contribution in [0.5, 0.6) is 0 Å². The number of halogens is 1. The Morgan fingerprint density at radius 2 is 1.68 bits per heavy atom. The van der Waals surface area contributed by atoms with Gasteiger partial charge in [0.05, 0.1) is 5.57 Å². The van der Waals surface area contributed by atoms with E-state index in [0.29, 0.717) is 21.9 Å². The topological polar surface area (TPSA) is 40.6 Å². The molecule has 0 N–H and O–H groups in total. The van der Waals surface area contributed by atoms with Crippen LogP contribution in [0.15, 0.2) is 72.9 Å². The number of likely N-dealkylation sites (N-methyl/N-ethyl adjacent to an activating group) is 1. The molecule has 2 aromatic rings. The summed E-state index contributed by atoms with van der Waals surface area (Å²) in [6, 6.07) is 16.4. The van der Waals surface area contributed by atoms with Crippen molar-refractivity contribution in [3.05, 3.63) is 83.5 Å². The van der Waals surface area contributed by atoms with Crippen LogP contribution in [0.25, 0.3) is 5.57 Å². The highest BCUT2D eigenvalue weighted by molar-refractivity contribution is 6.37. The highest BCUT2D eigenvalue weighted by atomic mass is 35.5. The van der Waals surface area contributed by atoms with E-state index in [1.54, 1.807) is 42.3 Å². The molecule has 0 aromatic heterocycles. The Kier molecular flexibility index (Phi) is 4.72. The number of amides is 2. The third-order valence-corrected chi connectivity index (χ3v) is 4.32. The van der Waals surface area contributed by atoms with Crippen LogP contribution >= 0.6 is 11.6 Å². The van der Waals surface area contributed by atoms with E-state index in [2.05, 4.69) is 6.58 Å². The molecule has 0 spiro atoms. The summed E-state index contributed by atoms with van der Waals surface area (Å²) in [5.41, 5.74) is 2.20. The lowest BCUT2D eigenvalue weighted by Crippen LogP contribution is -2.34. The van der Waals surface area contributed by atoms with Gasteiger partial charge < -0.3 is 4.90 Å². The maximum Gasteiger partial charge on any atom is 0.278 e. The van der Waals surface area contributed by atoms with E-state index in [1.165, 1.54) is 4.90 Å². The minimum absolute atomic E-state index is 0.168. The predicted molar refractivity (Wildman–Crippen MR) is 100 cm³/mol. The molecule has 1 aliphatic rings. The molecule has 3 rings (SSSR count). The number of rotatable bonds is 5. The zero-order valence-corrected chi connectivity index (χ0v) is 14.5. The molecule has 2 aromatic carbocycles. The summed E-state index contributed by atoms with van der Waals surface area (Å²) in [4.78, 5) is 28.7. The molecule has 126 valence electrons. The van der Waals surface area contributed by atoms with E-state index < -0.39 is 0 Å². The second kappa shape index (κ2) is 6.95. The Hall–Kier alpha value is -2.85. The summed E-state index contributed by atoms with van der Waals surface area (Å²) in [6.07, 6.45) is 1.54. The summed E-state index contributed by atoms with van der Waals surface area (Å²) in [6.45, 7) is 3.80. The molecule has 0 radical (unpaired) electrons. The van der Waals surface area contributed by atoms with E-state index in [9.17, 15) is 9.59 Å². The third-order valence-electron chi connectivity index (χ3n) is 4.07. The summed E-state index contributed by atoms with van der Waals surface area (Å²) in [5, 5.41) is 0.571. The highest BCUT2D eigenvalue weighted by Crippen LogP contribution is 2.33. The molecule has 4 nitrogen and oxygen atoms in total. The standard InChI is InChI=1S/C20H17ClN2O2/c1-3-13-23-19(24)17(14-9-11-15(21)12-10-14)18(20(23)25)22(2)16-7-5-4-6-8-16/h3-12H,1,13H2,2H3. The minimum atomic E-state index is -0.332. The average Bonchev–Trinajstić information content (AvgIpc) is 2.87. The second-order valence-corrected chi connectivity index (χ2v) is 6.07. The van der Waals surface area contributed by atoms with Crippen molar-refractivity contribution in [3.63, 3.8) is 0 Å². The van der Waals surface area contributed by atoms with Crippen molar-refractivity contribution in [2.45, 2.75) is 0 Å². The average molecular weight is 353 g/mol. The first-order valence-corrected chi connectivity index (χ1v) is 8.18. The number of carbonyl (C=O) groups is 2. The van der Waals surface area contributed by atoms with E-state index in [1.807, 2.05) is 30.3 Å². The van der Waals surface area contributed by atoms with Gasteiger partial charge in [-0.15, -0.1) is 6.58 Å². The molecule has 1 aliphatic heterocycles. The van der Waals surface area contributed by atoms with Crippen LogP contribution in [0.2, 0.25) is 5.02 Å². The Morgan fingerprint density at radius 3 is 2.28 bits per heavy atom. The molecular weight excluding hydrogens is 336 g/mol. The van der Waals surface area contributed by atoms with E-state index >= 15 is 0 Å². The van der Waals surface area contributed by atoms with Crippen LogP contribution in [-0.4, -0.2) is 30.3 Å². The smallest absolute Gasteiger partial charge is 0.278 e. The van der Waals surface area contributed by atoms with Crippen molar-refractivity contribution < 1.29 is 9.59 Å². The summed E-state index contributed by atoms with van der Waals surface area (Å²) >= 11 is 5.95. The summed E-state index contributed by atoms with van der Waals surface area (Å²) < 4.78 is 0. The van der Waals surface area contributed by atoms with Crippen LogP contribution in [0, 0.1) is 0 Å². The number of benzene rings is 2. The first-order chi connectivity index (χ1) is 12.0. The Bertz CT molecular complexity index is 857. The van der Waals surface area contributed by atoms with Crippen LogP contribution in [0.1, 0.15) is 5.56 Å². The van der Waals surface area contributed by atoms with Gasteiger partial charge in [-0.3, -0.25) is 14.5 Å². The van der Waals surface area contributed by atoms with Gasteiger partial charge in [-0.1, -0.05) is 48.0 Å². The lowest BCUT2D eigenvalue weighted by molar-refractivity contribution is -0.136. The van der Waals surface area contributed by atoms with Crippen molar-refractivity contribution in [2.24, 2.45) is 0 Å². The normalized spacial score (nSPS) is 14.2. The molecule has 0 saturated carbocycles. The molecule has 1 heterocycles. The van der Waals surface area contributed by atoms with Gasteiger partial charge in [0.1, 0.15) is 5.70 Å². The molecule has 0 aliphatic carbocycles. The largest absolute Gasteiger partial charge is 0.339 e. The lowest BCUT2D eigenvalue weighted by atomic mass is 10.0. The van der Waals surface area contributed by atoms with Crippen LogP contribution in [0.4, 0.5) is 5.69 Å². The zero-order chi connectivity index (χ0) is 18.0. The molecule has 0 unspecified atom stereocenters. The Morgan fingerprint density at radius 1 is 1.04 bits per heavy atom. The Labute approximate surface area is 151 Å². The van der Waals surface area contributed by atoms with E-state index in [-0.39, 0.29) is 18.4 Å². The SMILES string of the molecule is C=CCN1C(=O)C(c2ccc(Cl)cc2)=C(N(C)c2ccccc2)C1=O. The van der Waals surface area contributed by atoms with Crippen molar-refractivity contribution in [3.8, 4) is 0 Å². The van der Waals surface area contributed by atoms with Gasteiger partial charge in [0.2, 0.25) is 0 Å². The first kappa shape index (κ1) is 17.0. The second-order valence-electron chi connectivity index (χ2n) is 5.63. The predicted octanol–water partition coefficient (Wildman–Crippen LogP) is 3.74. The quantitative estimate of drug-likeness (QED) is 0.608. The van der Waals surface area contributed by atoms with E-state index in [0.717, 1.165) is 5.69 Å². The first-order valence-electron chi connectivity index (χ1n) is 7.80. The molecule has 5 heteroatoms. The lowest BCUT2D eigenvalue weighted by Gasteiger charge is -2.21. The molecule has 0 bridgehead atoms. The molecule has 0 fully saturated rings. The molecule has 25 heavy (non-hydrogen) atoms. The zero-order valence-electron chi connectivity index (χ0n) is 13.8. The van der Waals surface area contributed by atoms with Crippen LogP contribution in [0.3, 0.4) is 0 Å². The number of nitrogens with zero attached hydrogens (tertiary/aromatic N) is 2. The maximum atomic E-state index is 12.9. The van der Waals surface area contributed by atoms with Gasteiger partial charge in [0.25, 0.3) is 11.8 Å². The fraction of sp³-hybridized carbons (Fsp3) is 0.100. The molecule has 0 saturated heterocycles. The van der Waals surface area contributed by atoms with Crippen LogP contribution in [-0.2, 0) is 9.59 Å². The van der Waals surface area contributed by atoms with Gasteiger partial charge in [-0.05, 0) is 29.8 Å². The van der Waals surface area contributed by atoms with E-state index in [4.69, 9.17) is 11.6 Å². The number of hydrogen-bond donors (Lipinski definition) is 0. The Balaban J connectivity index is 2.15. The van der Waals surface area contributed by atoms with Crippen molar-refractivity contribution >= 4 is 34.7 Å². The number of hydrogen-bond acceptors (Lipinski definition) is 3. The molecule has 2 amide bonds. The third kappa shape index (κ3) is 3.08. The monoisotopic (exact) mass is 352 g/mol. The number of para-hydroxylation sites is 1.